The van der Waals surface area contributed by atoms with Gasteiger partial charge in [0.15, 0.2) is 5.96 Å². The lowest BCUT2D eigenvalue weighted by atomic mass is 10.1. The number of guanidine groups is 1. The Morgan fingerprint density at radius 2 is 1.75 bits per heavy atom. The Bertz CT molecular complexity index is 598. The molecule has 0 amide bonds. The molecule has 0 radical (unpaired) electrons. The average Bonchev–Trinajstić information content (AvgIpc) is 2.69. The summed E-state index contributed by atoms with van der Waals surface area (Å²) in [5, 5.41) is 1.32. The van der Waals surface area contributed by atoms with Gasteiger partial charge in [0, 0.05) is 51.3 Å². The van der Waals surface area contributed by atoms with Gasteiger partial charge in [-0.15, -0.1) is 0 Å². The molecule has 0 atom stereocenters. The molecular weight excluding hydrogens is 248 g/mol. The summed E-state index contributed by atoms with van der Waals surface area (Å²) in [5.74, 6) is 1.00. The first-order valence-electron chi connectivity index (χ1n) is 6.96. The third-order valence-electron chi connectivity index (χ3n) is 3.44. The van der Waals surface area contributed by atoms with Crippen LogP contribution in [0.4, 0.5) is 0 Å². The molecule has 0 bridgehead atoms. The van der Waals surface area contributed by atoms with E-state index in [2.05, 4.69) is 36.2 Å². The van der Waals surface area contributed by atoms with Crippen molar-refractivity contribution in [2.45, 2.75) is 13.3 Å². The number of rotatable bonds is 3. The average molecular weight is 272 g/mol. The number of aromatic amines is 1. The molecule has 20 heavy (non-hydrogen) atoms. The molecule has 2 aromatic rings. The Morgan fingerprint density at radius 1 is 1.10 bits per heavy atom. The first-order chi connectivity index (χ1) is 9.50. The largest absolute Gasteiger partial charge is 0.358 e. The highest BCUT2D eigenvalue weighted by molar-refractivity contribution is 5.84. The molecule has 4 nitrogen and oxygen atoms in total. The van der Waals surface area contributed by atoms with Crippen molar-refractivity contribution in [1.29, 1.82) is 0 Å². The van der Waals surface area contributed by atoms with Crippen LogP contribution in [0.2, 0.25) is 0 Å². The maximum Gasteiger partial charge on any atom is 0.195 e. The number of aryl methyl sites for hydroxylation is 1. The second kappa shape index (κ2) is 5.99. The number of aromatic nitrogens is 1. The van der Waals surface area contributed by atoms with Gasteiger partial charge < -0.3 is 14.8 Å². The summed E-state index contributed by atoms with van der Waals surface area (Å²) in [7, 11) is 8.09. The first-order valence-corrected chi connectivity index (χ1v) is 6.96. The summed E-state index contributed by atoms with van der Waals surface area (Å²) >= 11 is 0. The van der Waals surface area contributed by atoms with Gasteiger partial charge in [0.05, 0.1) is 0 Å². The second-order valence-corrected chi connectivity index (χ2v) is 5.49. The fourth-order valence-electron chi connectivity index (χ4n) is 2.61. The zero-order chi connectivity index (χ0) is 14.7. The van der Waals surface area contributed by atoms with Crippen LogP contribution in [0, 0.1) is 6.92 Å². The predicted molar refractivity (Wildman–Crippen MR) is 86.4 cm³/mol. The number of para-hydroxylation sites is 1. The van der Waals surface area contributed by atoms with Gasteiger partial charge in [-0.05, 0) is 25.0 Å². The number of nitrogens with zero attached hydrogens (tertiary/aromatic N) is 3. The van der Waals surface area contributed by atoms with Crippen molar-refractivity contribution in [2.24, 2.45) is 4.99 Å². The van der Waals surface area contributed by atoms with E-state index < -0.39 is 0 Å². The molecule has 0 saturated carbocycles. The van der Waals surface area contributed by atoms with E-state index in [0.717, 1.165) is 18.9 Å². The van der Waals surface area contributed by atoms with Crippen LogP contribution in [0.3, 0.4) is 0 Å². The Morgan fingerprint density at radius 3 is 2.40 bits per heavy atom. The van der Waals surface area contributed by atoms with E-state index in [9.17, 15) is 0 Å². The van der Waals surface area contributed by atoms with Crippen LogP contribution in [0.25, 0.3) is 10.9 Å². The smallest absolute Gasteiger partial charge is 0.195 e. The number of nitrogens with one attached hydrogen (secondary N) is 1. The molecule has 1 N–H and O–H groups in total. The highest BCUT2D eigenvalue weighted by Crippen LogP contribution is 2.22. The van der Waals surface area contributed by atoms with Gasteiger partial charge in [-0.3, -0.25) is 4.99 Å². The summed E-state index contributed by atoms with van der Waals surface area (Å²) in [6.07, 6.45) is 0.959. The Kier molecular flexibility index (Phi) is 4.32. The Balaban J connectivity index is 2.17. The number of aliphatic imine (C=N–C) groups is 1. The summed E-state index contributed by atoms with van der Waals surface area (Å²) in [5.41, 5.74) is 3.84. The zero-order valence-corrected chi connectivity index (χ0v) is 13.1. The summed E-state index contributed by atoms with van der Waals surface area (Å²) in [6.45, 7) is 2.94. The van der Waals surface area contributed by atoms with Crippen molar-refractivity contribution in [3.63, 3.8) is 0 Å². The lowest BCUT2D eigenvalue weighted by molar-refractivity contribution is 0.479. The van der Waals surface area contributed by atoms with Crippen LogP contribution >= 0.6 is 0 Å². The topological polar surface area (TPSA) is 34.6 Å². The standard InChI is InChI=1S/C16H24N4/c1-12-13(14-8-6-7-9-15(14)18-12)10-11-17-16(19(2)3)20(4)5/h6-9,18H,10-11H2,1-5H3. The SMILES string of the molecule is Cc1[nH]c2ccccc2c1CCN=C(N(C)C)N(C)C. The van der Waals surface area contributed by atoms with Crippen molar-refractivity contribution < 1.29 is 0 Å². The lowest BCUT2D eigenvalue weighted by Crippen LogP contribution is -2.35. The van der Waals surface area contributed by atoms with Crippen molar-refractivity contribution in [2.75, 3.05) is 34.7 Å². The summed E-state index contributed by atoms with van der Waals surface area (Å²) in [6, 6.07) is 8.46. The molecule has 0 fully saturated rings. The minimum Gasteiger partial charge on any atom is -0.358 e. The van der Waals surface area contributed by atoms with E-state index in [-0.39, 0.29) is 0 Å². The van der Waals surface area contributed by atoms with E-state index in [1.807, 2.05) is 38.0 Å². The molecule has 1 aromatic carbocycles. The molecule has 2 rings (SSSR count). The molecule has 4 heteroatoms. The number of hydrogen-bond acceptors (Lipinski definition) is 1. The molecule has 0 aliphatic heterocycles. The van der Waals surface area contributed by atoms with Crippen LogP contribution < -0.4 is 0 Å². The molecule has 1 aromatic heterocycles. The van der Waals surface area contributed by atoms with Gasteiger partial charge in [0.1, 0.15) is 0 Å². The molecule has 0 unspecified atom stereocenters. The minimum absolute atomic E-state index is 0.800. The predicted octanol–water partition coefficient (Wildman–Crippen LogP) is 2.50. The van der Waals surface area contributed by atoms with E-state index >= 15 is 0 Å². The highest BCUT2D eigenvalue weighted by atomic mass is 15.3. The van der Waals surface area contributed by atoms with E-state index in [0.29, 0.717) is 0 Å². The molecule has 0 aliphatic carbocycles. The minimum atomic E-state index is 0.800. The number of benzene rings is 1. The van der Waals surface area contributed by atoms with Gasteiger partial charge in [0.2, 0.25) is 0 Å². The molecule has 0 saturated heterocycles. The summed E-state index contributed by atoms with van der Waals surface area (Å²) < 4.78 is 0. The van der Waals surface area contributed by atoms with Crippen molar-refractivity contribution >= 4 is 16.9 Å². The van der Waals surface area contributed by atoms with E-state index in [4.69, 9.17) is 4.99 Å². The van der Waals surface area contributed by atoms with Crippen LogP contribution in [0.5, 0.6) is 0 Å². The van der Waals surface area contributed by atoms with Gasteiger partial charge >= 0.3 is 0 Å². The van der Waals surface area contributed by atoms with E-state index in [1.165, 1.54) is 22.2 Å². The number of H-pyrrole nitrogens is 1. The third kappa shape index (κ3) is 2.95. The maximum absolute atomic E-state index is 4.70. The van der Waals surface area contributed by atoms with Crippen molar-refractivity contribution in [3.8, 4) is 0 Å². The van der Waals surface area contributed by atoms with Crippen LogP contribution in [0.15, 0.2) is 29.3 Å². The van der Waals surface area contributed by atoms with Gasteiger partial charge in [-0.2, -0.15) is 0 Å². The highest BCUT2D eigenvalue weighted by Gasteiger charge is 2.08. The third-order valence-corrected chi connectivity index (χ3v) is 3.44. The second-order valence-electron chi connectivity index (χ2n) is 5.49. The van der Waals surface area contributed by atoms with Crippen LogP contribution in [0.1, 0.15) is 11.3 Å². The molecule has 0 spiro atoms. The quantitative estimate of drug-likeness (QED) is 0.688. The number of hydrogen-bond donors (Lipinski definition) is 1. The Hall–Kier alpha value is -1.97. The zero-order valence-electron chi connectivity index (χ0n) is 13.1. The summed E-state index contributed by atoms with van der Waals surface area (Å²) in [4.78, 5) is 12.2. The van der Waals surface area contributed by atoms with Crippen LogP contribution in [-0.4, -0.2) is 55.5 Å². The van der Waals surface area contributed by atoms with Crippen molar-refractivity contribution in [3.05, 3.63) is 35.5 Å². The van der Waals surface area contributed by atoms with Gasteiger partial charge in [-0.25, -0.2) is 0 Å². The van der Waals surface area contributed by atoms with E-state index in [1.54, 1.807) is 0 Å². The molecule has 1 heterocycles. The van der Waals surface area contributed by atoms with Gasteiger partial charge in [-0.1, -0.05) is 18.2 Å². The van der Waals surface area contributed by atoms with Crippen LogP contribution in [-0.2, 0) is 6.42 Å². The molecule has 0 aliphatic rings. The number of fused-ring (bicyclic) bond motifs is 1. The molecular formula is C16H24N4. The fourth-order valence-corrected chi connectivity index (χ4v) is 2.61. The first kappa shape index (κ1) is 14.4. The molecule has 108 valence electrons. The lowest BCUT2D eigenvalue weighted by Gasteiger charge is -2.22. The van der Waals surface area contributed by atoms with Gasteiger partial charge in [0.25, 0.3) is 0 Å². The Labute approximate surface area is 121 Å². The van der Waals surface area contributed by atoms with Crippen molar-refractivity contribution in [1.82, 2.24) is 14.8 Å². The normalized spacial score (nSPS) is 10.7. The monoisotopic (exact) mass is 272 g/mol. The fraction of sp³-hybridized carbons (Fsp3) is 0.438. The maximum atomic E-state index is 4.70.